The second-order valence-corrected chi connectivity index (χ2v) is 6.20. The Hall–Kier alpha value is -2.01. The molecule has 0 saturated heterocycles. The van der Waals surface area contributed by atoms with Gasteiger partial charge in [-0.1, -0.05) is 23.8 Å². The van der Waals surface area contributed by atoms with E-state index < -0.39 is 6.16 Å². The lowest BCUT2D eigenvalue weighted by Crippen LogP contribution is -2.35. The first-order valence-electron chi connectivity index (χ1n) is 7.58. The third kappa shape index (κ3) is 3.34. The van der Waals surface area contributed by atoms with Crippen LogP contribution in [0.25, 0.3) is 0 Å². The van der Waals surface area contributed by atoms with Crippen molar-refractivity contribution in [2.24, 2.45) is 10.9 Å². The van der Waals surface area contributed by atoms with Crippen LogP contribution in [-0.2, 0) is 9.47 Å². The lowest BCUT2D eigenvalue weighted by atomic mass is 9.88. The predicted molar refractivity (Wildman–Crippen MR) is 89.3 cm³/mol. The molecule has 0 spiro atoms. The third-order valence-electron chi connectivity index (χ3n) is 4.08. The largest absolute Gasteiger partial charge is 0.508 e. The van der Waals surface area contributed by atoms with Gasteiger partial charge in [-0.05, 0) is 25.5 Å². The molecule has 3 aliphatic rings. The molecule has 0 N–H and O–H groups in total. The maximum absolute atomic E-state index is 11.2. The van der Waals surface area contributed by atoms with Crippen LogP contribution in [0.1, 0.15) is 13.3 Å². The third-order valence-corrected chi connectivity index (χ3v) is 4.33. The summed E-state index contributed by atoms with van der Waals surface area (Å²) >= 11 is 6.15. The van der Waals surface area contributed by atoms with E-state index >= 15 is 0 Å². The van der Waals surface area contributed by atoms with Gasteiger partial charge in [-0.25, -0.2) is 4.79 Å². The van der Waals surface area contributed by atoms with Gasteiger partial charge in [0.2, 0.25) is 0 Å². The normalized spacial score (nSPS) is 26.0. The standard InChI is InChI=1S/C17H19ClN2O3/c1-11-8-19-16-15(13-4-3-5-14(18)7-13)6-12(9-20(11)16)10-23-17(21)22-2/h3,5-7,9,11,13H,4,8,10H2,1-2H3. The van der Waals surface area contributed by atoms with E-state index in [1.807, 2.05) is 24.4 Å². The zero-order valence-corrected chi connectivity index (χ0v) is 13.9. The van der Waals surface area contributed by atoms with Crippen molar-refractivity contribution in [3.63, 3.8) is 0 Å². The molecule has 2 aliphatic heterocycles. The summed E-state index contributed by atoms with van der Waals surface area (Å²) in [6.07, 6.45) is 10.3. The average molecular weight is 335 g/mol. The Morgan fingerprint density at radius 1 is 1.52 bits per heavy atom. The number of ether oxygens (including phenoxy) is 2. The van der Waals surface area contributed by atoms with Crippen LogP contribution in [0.15, 0.2) is 51.7 Å². The number of nitrogens with zero attached hydrogens (tertiary/aromatic N) is 2. The van der Waals surface area contributed by atoms with Crippen LogP contribution >= 0.6 is 11.6 Å². The van der Waals surface area contributed by atoms with Crippen molar-refractivity contribution in [1.82, 2.24) is 4.90 Å². The van der Waals surface area contributed by atoms with Gasteiger partial charge in [0.25, 0.3) is 0 Å². The monoisotopic (exact) mass is 334 g/mol. The molecule has 0 saturated carbocycles. The maximum Gasteiger partial charge on any atom is 0.508 e. The highest BCUT2D eigenvalue weighted by Crippen LogP contribution is 2.33. The Balaban J connectivity index is 1.86. The quantitative estimate of drug-likeness (QED) is 0.742. The molecule has 0 bridgehead atoms. The summed E-state index contributed by atoms with van der Waals surface area (Å²) in [5.41, 5.74) is 2.03. The molecule has 6 heteroatoms. The highest BCUT2D eigenvalue weighted by atomic mass is 35.5. The molecule has 0 aromatic rings. The zero-order valence-electron chi connectivity index (χ0n) is 13.2. The Morgan fingerprint density at radius 2 is 2.35 bits per heavy atom. The van der Waals surface area contributed by atoms with Gasteiger partial charge >= 0.3 is 6.16 Å². The number of fused-ring (bicyclic) bond motifs is 1. The molecule has 0 amide bonds. The van der Waals surface area contributed by atoms with Crippen LogP contribution in [0.2, 0.25) is 0 Å². The van der Waals surface area contributed by atoms with Crippen molar-refractivity contribution in [3.05, 3.63) is 46.7 Å². The molecule has 0 aromatic heterocycles. The van der Waals surface area contributed by atoms with Gasteiger partial charge in [-0.3, -0.25) is 4.99 Å². The van der Waals surface area contributed by atoms with E-state index in [1.165, 1.54) is 7.11 Å². The van der Waals surface area contributed by atoms with Gasteiger partial charge in [0.05, 0.1) is 19.7 Å². The van der Waals surface area contributed by atoms with Gasteiger partial charge in [0.1, 0.15) is 12.4 Å². The van der Waals surface area contributed by atoms with Crippen LogP contribution in [0.5, 0.6) is 0 Å². The molecule has 2 atom stereocenters. The first-order chi connectivity index (χ1) is 11.1. The molecular weight excluding hydrogens is 316 g/mol. The summed E-state index contributed by atoms with van der Waals surface area (Å²) in [5, 5.41) is 0.738. The smallest absolute Gasteiger partial charge is 0.438 e. The summed E-state index contributed by atoms with van der Waals surface area (Å²) in [4.78, 5) is 18.0. The molecular formula is C17H19ClN2O3. The first kappa shape index (κ1) is 15.9. The fourth-order valence-corrected chi connectivity index (χ4v) is 3.16. The van der Waals surface area contributed by atoms with Crippen LogP contribution in [0.3, 0.4) is 0 Å². The number of rotatable bonds is 3. The Labute approximate surface area is 140 Å². The molecule has 3 rings (SSSR count). The SMILES string of the molecule is COC(=O)OCC1=CN2C(=NCC2C)C(C2C=C(Cl)C=CC2)=C1. The number of amidine groups is 1. The van der Waals surface area contributed by atoms with E-state index in [1.54, 1.807) is 0 Å². The van der Waals surface area contributed by atoms with Crippen molar-refractivity contribution < 1.29 is 14.3 Å². The number of allylic oxidation sites excluding steroid dienone is 4. The number of aliphatic imine (C=N–C) groups is 1. The van der Waals surface area contributed by atoms with Crippen LogP contribution in [-0.4, -0.2) is 43.2 Å². The van der Waals surface area contributed by atoms with E-state index in [-0.39, 0.29) is 12.5 Å². The molecule has 2 heterocycles. The molecule has 0 radical (unpaired) electrons. The van der Waals surface area contributed by atoms with Crippen molar-refractivity contribution in [2.75, 3.05) is 20.3 Å². The lowest BCUT2D eigenvalue weighted by Gasteiger charge is -2.30. The number of halogens is 1. The van der Waals surface area contributed by atoms with Gasteiger partial charge in [0, 0.05) is 28.3 Å². The Kier molecular flexibility index (Phi) is 4.57. The van der Waals surface area contributed by atoms with Gasteiger partial charge in [-0.2, -0.15) is 0 Å². The average Bonchev–Trinajstić information content (AvgIpc) is 2.93. The molecule has 2 unspecified atom stereocenters. The van der Waals surface area contributed by atoms with E-state index in [0.29, 0.717) is 6.04 Å². The summed E-state index contributed by atoms with van der Waals surface area (Å²) < 4.78 is 9.60. The minimum atomic E-state index is -0.682. The lowest BCUT2D eigenvalue weighted by molar-refractivity contribution is 0.0801. The summed E-state index contributed by atoms with van der Waals surface area (Å²) in [5.74, 6) is 1.17. The van der Waals surface area contributed by atoms with Crippen LogP contribution in [0.4, 0.5) is 4.79 Å². The number of hydrogen-bond acceptors (Lipinski definition) is 5. The van der Waals surface area contributed by atoms with E-state index in [0.717, 1.165) is 35.0 Å². The summed E-state index contributed by atoms with van der Waals surface area (Å²) in [7, 11) is 1.30. The topological polar surface area (TPSA) is 51.1 Å². The van der Waals surface area contributed by atoms with Gasteiger partial charge < -0.3 is 14.4 Å². The van der Waals surface area contributed by atoms with E-state index in [4.69, 9.17) is 16.3 Å². The fraction of sp³-hybridized carbons (Fsp3) is 0.412. The van der Waals surface area contributed by atoms with Crippen molar-refractivity contribution in [2.45, 2.75) is 19.4 Å². The predicted octanol–water partition coefficient (Wildman–Crippen LogP) is 3.39. The highest BCUT2D eigenvalue weighted by molar-refractivity contribution is 6.31. The number of hydrogen-bond donors (Lipinski definition) is 0. The number of methoxy groups -OCH3 is 1. The molecule has 0 fully saturated rings. The Bertz CT molecular complexity index is 661. The maximum atomic E-state index is 11.2. The van der Waals surface area contributed by atoms with Crippen LogP contribution in [0, 0.1) is 5.92 Å². The summed E-state index contributed by atoms with van der Waals surface area (Å²) in [6.45, 7) is 3.05. The minimum absolute atomic E-state index is 0.173. The fourth-order valence-electron chi connectivity index (χ4n) is 2.92. The van der Waals surface area contributed by atoms with Crippen molar-refractivity contribution >= 4 is 23.6 Å². The van der Waals surface area contributed by atoms with Gasteiger partial charge in [0.15, 0.2) is 0 Å². The van der Waals surface area contributed by atoms with Crippen molar-refractivity contribution in [1.29, 1.82) is 0 Å². The molecule has 122 valence electrons. The van der Waals surface area contributed by atoms with Gasteiger partial charge in [-0.15, -0.1) is 0 Å². The van der Waals surface area contributed by atoms with E-state index in [9.17, 15) is 4.79 Å². The van der Waals surface area contributed by atoms with E-state index in [2.05, 4.69) is 27.6 Å². The zero-order chi connectivity index (χ0) is 16.4. The first-order valence-corrected chi connectivity index (χ1v) is 7.96. The minimum Gasteiger partial charge on any atom is -0.438 e. The highest BCUT2D eigenvalue weighted by Gasteiger charge is 2.32. The molecule has 23 heavy (non-hydrogen) atoms. The second kappa shape index (κ2) is 6.62. The van der Waals surface area contributed by atoms with Crippen LogP contribution < -0.4 is 0 Å². The van der Waals surface area contributed by atoms with Crippen molar-refractivity contribution in [3.8, 4) is 0 Å². The number of carbonyl (C=O) groups is 1. The Morgan fingerprint density at radius 3 is 3.09 bits per heavy atom. The summed E-state index contributed by atoms with van der Waals surface area (Å²) in [6, 6.07) is 0.292. The second-order valence-electron chi connectivity index (χ2n) is 5.76. The number of carbonyl (C=O) groups excluding carboxylic acids is 1. The molecule has 0 aromatic carbocycles. The molecule has 1 aliphatic carbocycles. The molecule has 5 nitrogen and oxygen atoms in total.